The molecule has 0 unspecified atom stereocenters. The Morgan fingerprint density at radius 2 is 2.06 bits per heavy atom. The molecule has 17 heavy (non-hydrogen) atoms. The second-order valence-electron chi connectivity index (χ2n) is 3.82. The number of aryl methyl sites for hydroxylation is 2. The van der Waals surface area contributed by atoms with Gasteiger partial charge in [-0.2, -0.15) is 0 Å². The zero-order valence-electron chi connectivity index (χ0n) is 9.90. The lowest BCUT2D eigenvalue weighted by molar-refractivity contribution is -0.134. The molecule has 0 radical (unpaired) electrons. The minimum atomic E-state index is -1.11. The van der Waals surface area contributed by atoms with E-state index < -0.39 is 5.97 Å². The van der Waals surface area contributed by atoms with Crippen molar-refractivity contribution >= 4 is 5.97 Å². The third-order valence-corrected chi connectivity index (χ3v) is 2.29. The van der Waals surface area contributed by atoms with Gasteiger partial charge < -0.3 is 5.11 Å². The van der Waals surface area contributed by atoms with Crippen molar-refractivity contribution in [2.24, 2.45) is 0 Å². The first-order chi connectivity index (χ1) is 8.09. The van der Waals surface area contributed by atoms with Crippen molar-refractivity contribution in [3.63, 3.8) is 0 Å². The zero-order chi connectivity index (χ0) is 12.7. The molecule has 0 aromatic heterocycles. The fourth-order valence-electron chi connectivity index (χ4n) is 1.29. The Morgan fingerprint density at radius 3 is 2.65 bits per heavy atom. The number of nitrogens with one attached hydrogen (secondary N) is 1. The first-order valence-corrected chi connectivity index (χ1v) is 5.45. The highest BCUT2D eigenvalue weighted by molar-refractivity contribution is 5.84. The molecule has 0 bridgehead atoms. The third kappa shape index (κ3) is 5.17. The van der Waals surface area contributed by atoms with Crippen LogP contribution in [0.15, 0.2) is 36.5 Å². The standard InChI is InChI=1S/C13H17NO3/c1-10-5-7-12(8-6-10)4-3-9-17-14-11(2)13(15)16/h5-8,14H,2-4,9H2,1H3,(H,15,16). The molecule has 0 amide bonds. The van der Waals surface area contributed by atoms with Crippen molar-refractivity contribution in [1.82, 2.24) is 5.48 Å². The second kappa shape index (κ2) is 6.70. The van der Waals surface area contributed by atoms with E-state index in [4.69, 9.17) is 9.94 Å². The fraction of sp³-hybridized carbons (Fsp3) is 0.308. The van der Waals surface area contributed by atoms with Gasteiger partial charge in [0, 0.05) is 0 Å². The molecule has 0 fully saturated rings. The molecule has 1 rings (SSSR count). The second-order valence-corrected chi connectivity index (χ2v) is 3.82. The number of rotatable bonds is 7. The van der Waals surface area contributed by atoms with E-state index in [2.05, 4.69) is 36.3 Å². The van der Waals surface area contributed by atoms with Crippen LogP contribution in [0.25, 0.3) is 0 Å². The molecule has 0 aliphatic rings. The molecule has 0 aliphatic carbocycles. The van der Waals surface area contributed by atoms with E-state index in [0.717, 1.165) is 12.8 Å². The van der Waals surface area contributed by atoms with Crippen molar-refractivity contribution in [2.45, 2.75) is 19.8 Å². The summed E-state index contributed by atoms with van der Waals surface area (Å²) >= 11 is 0. The van der Waals surface area contributed by atoms with E-state index in [1.54, 1.807) is 0 Å². The van der Waals surface area contributed by atoms with Crippen molar-refractivity contribution in [2.75, 3.05) is 6.61 Å². The van der Waals surface area contributed by atoms with E-state index in [1.807, 2.05) is 6.92 Å². The van der Waals surface area contributed by atoms with Crippen LogP contribution in [0.1, 0.15) is 17.5 Å². The predicted molar refractivity (Wildman–Crippen MR) is 65.4 cm³/mol. The molecule has 0 saturated carbocycles. The molecule has 0 saturated heterocycles. The van der Waals surface area contributed by atoms with E-state index in [1.165, 1.54) is 11.1 Å². The van der Waals surface area contributed by atoms with Crippen LogP contribution in [0.4, 0.5) is 0 Å². The van der Waals surface area contributed by atoms with Gasteiger partial charge in [0.25, 0.3) is 0 Å². The number of carbonyl (C=O) groups is 1. The summed E-state index contributed by atoms with van der Waals surface area (Å²) in [6.45, 7) is 5.78. The number of hydroxylamine groups is 1. The van der Waals surface area contributed by atoms with E-state index >= 15 is 0 Å². The van der Waals surface area contributed by atoms with Crippen molar-refractivity contribution in [3.8, 4) is 0 Å². The van der Waals surface area contributed by atoms with Gasteiger partial charge in [-0.1, -0.05) is 36.4 Å². The highest BCUT2D eigenvalue weighted by atomic mass is 16.6. The zero-order valence-corrected chi connectivity index (χ0v) is 9.90. The third-order valence-electron chi connectivity index (χ3n) is 2.29. The molecule has 1 aromatic carbocycles. The molecule has 0 aliphatic heterocycles. The van der Waals surface area contributed by atoms with Gasteiger partial charge in [0.05, 0.1) is 6.61 Å². The van der Waals surface area contributed by atoms with E-state index in [9.17, 15) is 4.79 Å². The average Bonchev–Trinajstić information content (AvgIpc) is 2.30. The molecular formula is C13H17NO3. The van der Waals surface area contributed by atoms with Crippen LogP contribution in [-0.4, -0.2) is 17.7 Å². The van der Waals surface area contributed by atoms with Crippen molar-refractivity contribution in [1.29, 1.82) is 0 Å². The van der Waals surface area contributed by atoms with Crippen LogP contribution in [0, 0.1) is 6.92 Å². The Kier molecular flexibility index (Phi) is 5.23. The maximum Gasteiger partial charge on any atom is 0.353 e. The maximum atomic E-state index is 10.4. The summed E-state index contributed by atoms with van der Waals surface area (Å²) in [5.41, 5.74) is 4.62. The largest absolute Gasteiger partial charge is 0.477 e. The van der Waals surface area contributed by atoms with Crippen LogP contribution in [0.5, 0.6) is 0 Å². The van der Waals surface area contributed by atoms with E-state index in [0.29, 0.717) is 6.61 Å². The number of hydrogen-bond acceptors (Lipinski definition) is 3. The number of carboxylic acids is 1. The monoisotopic (exact) mass is 235 g/mol. The number of aliphatic carboxylic acids is 1. The fourth-order valence-corrected chi connectivity index (χ4v) is 1.29. The Bertz CT molecular complexity index is 384. The lowest BCUT2D eigenvalue weighted by Crippen LogP contribution is -2.20. The Labute approximate surface area is 101 Å². The molecule has 4 heteroatoms. The Morgan fingerprint density at radius 1 is 1.41 bits per heavy atom. The molecule has 0 spiro atoms. The predicted octanol–water partition coefficient (Wildman–Crippen LogP) is 2.05. The molecule has 92 valence electrons. The molecule has 0 heterocycles. The van der Waals surface area contributed by atoms with Gasteiger partial charge in [-0.15, -0.1) is 0 Å². The van der Waals surface area contributed by atoms with Crippen molar-refractivity contribution < 1.29 is 14.7 Å². The first kappa shape index (κ1) is 13.3. The lowest BCUT2D eigenvalue weighted by atomic mass is 10.1. The highest BCUT2D eigenvalue weighted by Gasteiger charge is 2.01. The van der Waals surface area contributed by atoms with Gasteiger partial charge in [0.1, 0.15) is 5.70 Å². The summed E-state index contributed by atoms with van der Waals surface area (Å²) in [5, 5.41) is 8.50. The molecule has 1 aromatic rings. The maximum absolute atomic E-state index is 10.4. The number of benzene rings is 1. The van der Waals surface area contributed by atoms with Gasteiger partial charge in [-0.05, 0) is 25.3 Å². The Hall–Kier alpha value is -1.81. The molecule has 4 nitrogen and oxygen atoms in total. The summed E-state index contributed by atoms with van der Waals surface area (Å²) in [6.07, 6.45) is 1.73. The SMILES string of the molecule is C=C(NOCCCc1ccc(C)cc1)C(=O)O. The first-order valence-electron chi connectivity index (χ1n) is 5.45. The smallest absolute Gasteiger partial charge is 0.353 e. The normalized spacial score (nSPS) is 9.94. The quantitative estimate of drug-likeness (QED) is 0.431. The van der Waals surface area contributed by atoms with Crippen LogP contribution in [0.2, 0.25) is 0 Å². The summed E-state index contributed by atoms with van der Waals surface area (Å²) < 4.78 is 0. The summed E-state index contributed by atoms with van der Waals surface area (Å²) in [6, 6.07) is 8.30. The van der Waals surface area contributed by atoms with Gasteiger partial charge in [0.15, 0.2) is 0 Å². The Balaban J connectivity index is 2.14. The summed E-state index contributed by atoms with van der Waals surface area (Å²) in [7, 11) is 0. The summed E-state index contributed by atoms with van der Waals surface area (Å²) in [5.74, 6) is -1.11. The minimum Gasteiger partial charge on any atom is -0.477 e. The van der Waals surface area contributed by atoms with Gasteiger partial charge in [-0.25, -0.2) is 4.79 Å². The average molecular weight is 235 g/mol. The van der Waals surface area contributed by atoms with Gasteiger partial charge in [0.2, 0.25) is 0 Å². The molecule has 2 N–H and O–H groups in total. The van der Waals surface area contributed by atoms with E-state index in [-0.39, 0.29) is 5.70 Å². The lowest BCUT2D eigenvalue weighted by Gasteiger charge is -2.06. The van der Waals surface area contributed by atoms with Crippen LogP contribution < -0.4 is 5.48 Å². The van der Waals surface area contributed by atoms with Crippen LogP contribution in [0.3, 0.4) is 0 Å². The summed E-state index contributed by atoms with van der Waals surface area (Å²) in [4.78, 5) is 15.3. The number of hydrogen-bond donors (Lipinski definition) is 2. The van der Waals surface area contributed by atoms with Crippen molar-refractivity contribution in [3.05, 3.63) is 47.7 Å². The minimum absolute atomic E-state index is 0.152. The van der Waals surface area contributed by atoms with Crippen LogP contribution >= 0.6 is 0 Å². The highest BCUT2D eigenvalue weighted by Crippen LogP contribution is 2.05. The molecule has 0 atom stereocenters. The van der Waals surface area contributed by atoms with Gasteiger partial charge in [-0.3, -0.25) is 10.3 Å². The van der Waals surface area contributed by atoms with Crippen LogP contribution in [-0.2, 0) is 16.1 Å². The van der Waals surface area contributed by atoms with Gasteiger partial charge >= 0.3 is 5.97 Å². The number of carboxylic acid groups (broad SMARTS) is 1. The molecular weight excluding hydrogens is 218 g/mol. The topological polar surface area (TPSA) is 58.6 Å².